The smallest absolute Gasteiger partial charge is 0.414 e. The number of benzene rings is 1. The van der Waals surface area contributed by atoms with Gasteiger partial charge in [-0.05, 0) is 55.2 Å². The molecule has 0 saturated carbocycles. The second-order valence-electron chi connectivity index (χ2n) is 9.05. The zero-order valence-corrected chi connectivity index (χ0v) is 18.9. The third kappa shape index (κ3) is 4.95. The number of cyclic esters (lactones) is 1. The Kier molecular flexibility index (Phi) is 6.44. The number of likely N-dealkylation sites (tertiary alicyclic amines) is 1. The van der Waals surface area contributed by atoms with Crippen LogP contribution >= 0.6 is 0 Å². The molecule has 1 aromatic carbocycles. The SMILES string of the molecule is O=C(c1ccc(N2CCOC2=O)cc1)N1CCCC(CN2CCN(c3ccccn3)CC2)C1. The molecule has 3 saturated heterocycles. The van der Waals surface area contributed by atoms with Crippen molar-refractivity contribution >= 4 is 23.5 Å². The standard InChI is InChI=1S/C25H31N5O3/c31-24(21-6-8-22(9-7-21)30-16-17-33-25(30)32)29-11-3-4-20(19-29)18-27-12-14-28(15-13-27)23-5-1-2-10-26-23/h1-2,5-10,20H,3-4,11-19H2. The number of hydrogen-bond donors (Lipinski definition) is 0. The molecule has 1 aromatic heterocycles. The predicted octanol–water partition coefficient (Wildman–Crippen LogP) is 2.71. The van der Waals surface area contributed by atoms with Crippen molar-refractivity contribution in [3.63, 3.8) is 0 Å². The van der Waals surface area contributed by atoms with Gasteiger partial charge in [0.05, 0.1) is 6.54 Å². The van der Waals surface area contributed by atoms with Crippen molar-refractivity contribution in [3.05, 3.63) is 54.2 Å². The molecule has 0 aliphatic carbocycles. The Morgan fingerprint density at radius 3 is 2.52 bits per heavy atom. The summed E-state index contributed by atoms with van der Waals surface area (Å²) < 4.78 is 5.00. The molecular weight excluding hydrogens is 418 g/mol. The van der Waals surface area contributed by atoms with Crippen molar-refractivity contribution < 1.29 is 14.3 Å². The molecule has 0 bridgehead atoms. The van der Waals surface area contributed by atoms with Gasteiger partial charge in [-0.2, -0.15) is 0 Å². The lowest BCUT2D eigenvalue weighted by Gasteiger charge is -2.39. The van der Waals surface area contributed by atoms with Crippen molar-refractivity contribution in [3.8, 4) is 0 Å². The van der Waals surface area contributed by atoms with Crippen LogP contribution in [0, 0.1) is 5.92 Å². The van der Waals surface area contributed by atoms with E-state index in [-0.39, 0.29) is 12.0 Å². The molecule has 1 atom stereocenters. The summed E-state index contributed by atoms with van der Waals surface area (Å²) in [6.45, 7) is 7.65. The lowest BCUT2D eigenvalue weighted by molar-refractivity contribution is 0.0637. The van der Waals surface area contributed by atoms with E-state index in [1.54, 1.807) is 4.90 Å². The van der Waals surface area contributed by atoms with Gasteiger partial charge in [0.25, 0.3) is 5.91 Å². The number of hydrogen-bond acceptors (Lipinski definition) is 6. The van der Waals surface area contributed by atoms with Crippen LogP contribution in [-0.4, -0.2) is 85.7 Å². The maximum Gasteiger partial charge on any atom is 0.414 e. The number of pyridine rings is 1. The summed E-state index contributed by atoms with van der Waals surface area (Å²) >= 11 is 0. The average molecular weight is 450 g/mol. The summed E-state index contributed by atoms with van der Waals surface area (Å²) in [5.74, 6) is 1.64. The number of anilines is 2. The van der Waals surface area contributed by atoms with Crippen molar-refractivity contribution in [2.45, 2.75) is 12.8 Å². The van der Waals surface area contributed by atoms with E-state index < -0.39 is 0 Å². The fourth-order valence-corrected chi connectivity index (χ4v) is 5.06. The quantitative estimate of drug-likeness (QED) is 0.699. The first kappa shape index (κ1) is 21.7. The van der Waals surface area contributed by atoms with Gasteiger partial charge in [0.15, 0.2) is 0 Å². The van der Waals surface area contributed by atoms with Gasteiger partial charge in [-0.3, -0.25) is 14.6 Å². The lowest BCUT2D eigenvalue weighted by atomic mass is 9.96. The van der Waals surface area contributed by atoms with E-state index in [1.165, 1.54) is 6.42 Å². The molecule has 8 heteroatoms. The monoisotopic (exact) mass is 449 g/mol. The first-order valence-corrected chi connectivity index (χ1v) is 11.9. The molecule has 3 aliphatic rings. The van der Waals surface area contributed by atoms with Gasteiger partial charge >= 0.3 is 6.09 Å². The number of carbonyl (C=O) groups is 2. The summed E-state index contributed by atoms with van der Waals surface area (Å²) in [6.07, 6.45) is 3.74. The summed E-state index contributed by atoms with van der Waals surface area (Å²) in [4.78, 5) is 37.8. The molecule has 33 heavy (non-hydrogen) atoms. The van der Waals surface area contributed by atoms with Gasteiger partial charge in [0, 0.05) is 63.3 Å². The van der Waals surface area contributed by atoms with Crippen molar-refractivity contribution in [1.82, 2.24) is 14.8 Å². The normalized spacial score (nSPS) is 21.9. The third-order valence-corrected chi connectivity index (χ3v) is 6.85. The number of piperidine rings is 1. The predicted molar refractivity (Wildman–Crippen MR) is 127 cm³/mol. The molecule has 0 radical (unpaired) electrons. The Morgan fingerprint density at radius 2 is 1.82 bits per heavy atom. The molecule has 0 spiro atoms. The molecule has 2 aromatic rings. The van der Waals surface area contributed by atoms with E-state index in [0.29, 0.717) is 24.6 Å². The van der Waals surface area contributed by atoms with Crippen LogP contribution in [0.25, 0.3) is 0 Å². The van der Waals surface area contributed by atoms with Crippen LogP contribution in [0.1, 0.15) is 23.2 Å². The van der Waals surface area contributed by atoms with Gasteiger partial charge in [0.2, 0.25) is 0 Å². The van der Waals surface area contributed by atoms with E-state index in [1.807, 2.05) is 47.5 Å². The molecule has 8 nitrogen and oxygen atoms in total. The summed E-state index contributed by atoms with van der Waals surface area (Å²) in [5.41, 5.74) is 1.45. The first-order chi connectivity index (χ1) is 16.2. The molecule has 5 rings (SSSR count). The Bertz CT molecular complexity index is 960. The van der Waals surface area contributed by atoms with E-state index >= 15 is 0 Å². The number of carbonyl (C=O) groups excluding carboxylic acids is 2. The lowest BCUT2D eigenvalue weighted by Crippen LogP contribution is -2.50. The number of ether oxygens (including phenoxy) is 1. The molecule has 0 N–H and O–H groups in total. The van der Waals surface area contributed by atoms with Crippen LogP contribution < -0.4 is 9.80 Å². The minimum Gasteiger partial charge on any atom is -0.447 e. The molecule has 3 fully saturated rings. The van der Waals surface area contributed by atoms with Crippen LogP contribution in [0.3, 0.4) is 0 Å². The topological polar surface area (TPSA) is 69.2 Å². The number of piperazine rings is 1. The van der Waals surface area contributed by atoms with Crippen molar-refractivity contribution in [2.75, 3.05) is 68.8 Å². The largest absolute Gasteiger partial charge is 0.447 e. The highest BCUT2D eigenvalue weighted by atomic mass is 16.6. The number of amides is 2. The summed E-state index contributed by atoms with van der Waals surface area (Å²) in [6, 6.07) is 13.4. The zero-order valence-electron chi connectivity index (χ0n) is 18.9. The van der Waals surface area contributed by atoms with E-state index in [2.05, 4.69) is 20.9 Å². The molecule has 1 unspecified atom stereocenters. The Labute approximate surface area is 194 Å². The Morgan fingerprint density at radius 1 is 1.00 bits per heavy atom. The van der Waals surface area contributed by atoms with Crippen LogP contribution in [0.2, 0.25) is 0 Å². The first-order valence-electron chi connectivity index (χ1n) is 11.9. The van der Waals surface area contributed by atoms with Gasteiger partial charge in [-0.1, -0.05) is 6.07 Å². The van der Waals surface area contributed by atoms with E-state index in [9.17, 15) is 9.59 Å². The molecule has 3 aliphatic heterocycles. The third-order valence-electron chi connectivity index (χ3n) is 6.85. The average Bonchev–Trinajstić information content (AvgIpc) is 3.31. The zero-order chi connectivity index (χ0) is 22.6. The van der Waals surface area contributed by atoms with Gasteiger partial charge < -0.3 is 14.5 Å². The van der Waals surface area contributed by atoms with Gasteiger partial charge in [-0.25, -0.2) is 9.78 Å². The minimum absolute atomic E-state index is 0.0789. The van der Waals surface area contributed by atoms with Crippen LogP contribution in [-0.2, 0) is 4.74 Å². The Balaban J connectivity index is 1.13. The minimum atomic E-state index is -0.325. The second-order valence-corrected chi connectivity index (χ2v) is 9.05. The van der Waals surface area contributed by atoms with Crippen LogP contribution in [0.15, 0.2) is 48.7 Å². The van der Waals surface area contributed by atoms with Gasteiger partial charge in [-0.15, -0.1) is 0 Å². The highest BCUT2D eigenvalue weighted by Crippen LogP contribution is 2.23. The molecular formula is C25H31N5O3. The highest BCUT2D eigenvalue weighted by molar-refractivity contribution is 5.95. The molecule has 174 valence electrons. The number of rotatable bonds is 5. The summed E-state index contributed by atoms with van der Waals surface area (Å²) in [7, 11) is 0. The van der Waals surface area contributed by atoms with Crippen LogP contribution in [0.4, 0.5) is 16.3 Å². The fourth-order valence-electron chi connectivity index (χ4n) is 5.06. The van der Waals surface area contributed by atoms with Crippen LogP contribution in [0.5, 0.6) is 0 Å². The maximum absolute atomic E-state index is 13.1. The van der Waals surface area contributed by atoms with Crippen molar-refractivity contribution in [2.24, 2.45) is 5.92 Å². The second kappa shape index (κ2) is 9.79. The highest BCUT2D eigenvalue weighted by Gasteiger charge is 2.28. The Hall–Kier alpha value is -3.13. The maximum atomic E-state index is 13.1. The number of aromatic nitrogens is 1. The number of nitrogens with zero attached hydrogens (tertiary/aromatic N) is 5. The van der Waals surface area contributed by atoms with E-state index in [4.69, 9.17) is 4.74 Å². The van der Waals surface area contributed by atoms with Gasteiger partial charge in [0.1, 0.15) is 12.4 Å². The van der Waals surface area contributed by atoms with E-state index in [0.717, 1.165) is 63.7 Å². The molecule has 4 heterocycles. The fraction of sp³-hybridized carbons (Fsp3) is 0.480. The molecule has 2 amide bonds. The summed E-state index contributed by atoms with van der Waals surface area (Å²) in [5, 5.41) is 0. The van der Waals surface area contributed by atoms with Crippen molar-refractivity contribution in [1.29, 1.82) is 0 Å².